The lowest BCUT2D eigenvalue weighted by Gasteiger charge is -1.98. The number of rotatable bonds is 2. The van der Waals surface area contributed by atoms with Gasteiger partial charge in [-0.05, 0) is 24.6 Å². The van der Waals surface area contributed by atoms with E-state index >= 15 is 0 Å². The number of aliphatic hydroxyl groups excluding tert-OH is 1. The van der Waals surface area contributed by atoms with Gasteiger partial charge in [0.25, 0.3) is 0 Å². The van der Waals surface area contributed by atoms with E-state index in [-0.39, 0.29) is 0 Å². The molecular weight excluding hydrogens is 180 g/mol. The van der Waals surface area contributed by atoms with Gasteiger partial charge in [0.05, 0.1) is 6.10 Å². The Hall–Kier alpha value is -1.48. The van der Waals surface area contributed by atoms with Gasteiger partial charge in [-0.2, -0.15) is 0 Å². The van der Waals surface area contributed by atoms with Crippen molar-refractivity contribution in [3.63, 3.8) is 0 Å². The smallest absolute Gasteiger partial charge is 0.231 e. The van der Waals surface area contributed by atoms with Gasteiger partial charge in [0.2, 0.25) is 6.79 Å². The first-order chi connectivity index (χ1) is 6.75. The van der Waals surface area contributed by atoms with Crippen LogP contribution < -0.4 is 9.47 Å². The lowest BCUT2D eigenvalue weighted by Crippen LogP contribution is -1.92. The molecule has 0 radical (unpaired) electrons. The van der Waals surface area contributed by atoms with Crippen LogP contribution >= 0.6 is 0 Å². The molecule has 14 heavy (non-hydrogen) atoms. The first kappa shape index (κ1) is 9.09. The molecule has 1 heterocycles. The quantitative estimate of drug-likeness (QED) is 0.776. The van der Waals surface area contributed by atoms with Crippen LogP contribution in [0.25, 0.3) is 6.08 Å². The molecule has 0 unspecified atom stereocenters. The van der Waals surface area contributed by atoms with E-state index in [1.165, 1.54) is 0 Å². The summed E-state index contributed by atoms with van der Waals surface area (Å²) in [5.74, 6) is 1.54. The Morgan fingerprint density at radius 1 is 1.36 bits per heavy atom. The van der Waals surface area contributed by atoms with Crippen molar-refractivity contribution in [3.05, 3.63) is 29.8 Å². The van der Waals surface area contributed by atoms with Gasteiger partial charge in [-0.15, -0.1) is 0 Å². The predicted octanol–water partition coefficient (Wildman–Crippen LogP) is 1.81. The van der Waals surface area contributed by atoms with E-state index in [1.54, 1.807) is 13.0 Å². The number of ether oxygens (including phenoxy) is 2. The van der Waals surface area contributed by atoms with Crippen LogP contribution in [0.5, 0.6) is 11.5 Å². The van der Waals surface area contributed by atoms with Crippen LogP contribution in [0.3, 0.4) is 0 Å². The first-order valence-electron chi connectivity index (χ1n) is 4.51. The third kappa shape index (κ3) is 1.88. The Labute approximate surface area is 82.6 Å². The van der Waals surface area contributed by atoms with Crippen molar-refractivity contribution in [2.75, 3.05) is 6.79 Å². The van der Waals surface area contributed by atoms with Gasteiger partial charge in [-0.1, -0.05) is 18.2 Å². The van der Waals surface area contributed by atoms with Crippen molar-refractivity contribution in [3.8, 4) is 11.5 Å². The summed E-state index contributed by atoms with van der Waals surface area (Å²) in [6, 6.07) is 5.68. The highest BCUT2D eigenvalue weighted by atomic mass is 16.7. The van der Waals surface area contributed by atoms with E-state index < -0.39 is 6.10 Å². The van der Waals surface area contributed by atoms with E-state index in [0.717, 1.165) is 17.1 Å². The summed E-state index contributed by atoms with van der Waals surface area (Å²) in [6.45, 7) is 2.00. The molecule has 1 atom stereocenters. The molecule has 0 aliphatic carbocycles. The van der Waals surface area contributed by atoms with Gasteiger partial charge in [0.1, 0.15) is 0 Å². The summed E-state index contributed by atoms with van der Waals surface area (Å²) >= 11 is 0. The van der Waals surface area contributed by atoms with Crippen molar-refractivity contribution in [2.24, 2.45) is 0 Å². The molecule has 0 aromatic heterocycles. The summed E-state index contributed by atoms with van der Waals surface area (Å²) in [5.41, 5.74) is 0.996. The van der Waals surface area contributed by atoms with Crippen LogP contribution in [-0.2, 0) is 0 Å². The largest absolute Gasteiger partial charge is 0.454 e. The third-order valence-corrected chi connectivity index (χ3v) is 1.96. The van der Waals surface area contributed by atoms with E-state index in [1.807, 2.05) is 24.3 Å². The zero-order valence-electron chi connectivity index (χ0n) is 7.93. The van der Waals surface area contributed by atoms with Crippen molar-refractivity contribution < 1.29 is 14.6 Å². The molecule has 0 saturated heterocycles. The highest BCUT2D eigenvalue weighted by molar-refractivity contribution is 5.56. The molecule has 2 rings (SSSR count). The van der Waals surface area contributed by atoms with Gasteiger partial charge in [0.15, 0.2) is 11.5 Å². The fourth-order valence-electron chi connectivity index (χ4n) is 1.27. The Morgan fingerprint density at radius 3 is 2.93 bits per heavy atom. The fourth-order valence-corrected chi connectivity index (χ4v) is 1.27. The van der Waals surface area contributed by atoms with Crippen LogP contribution in [-0.4, -0.2) is 18.0 Å². The van der Waals surface area contributed by atoms with Gasteiger partial charge < -0.3 is 14.6 Å². The van der Waals surface area contributed by atoms with Crippen LogP contribution in [0, 0.1) is 0 Å². The molecule has 1 aromatic carbocycles. The van der Waals surface area contributed by atoms with Crippen LogP contribution in [0.1, 0.15) is 12.5 Å². The van der Waals surface area contributed by atoms with Crippen molar-refractivity contribution in [1.82, 2.24) is 0 Å². The topological polar surface area (TPSA) is 38.7 Å². The molecule has 0 amide bonds. The average molecular weight is 192 g/mol. The molecule has 0 saturated carbocycles. The molecule has 0 bridgehead atoms. The Kier molecular flexibility index (Phi) is 2.41. The maximum Gasteiger partial charge on any atom is 0.231 e. The zero-order valence-corrected chi connectivity index (χ0v) is 7.93. The third-order valence-electron chi connectivity index (χ3n) is 1.96. The van der Waals surface area contributed by atoms with Crippen LogP contribution in [0.2, 0.25) is 0 Å². The van der Waals surface area contributed by atoms with Gasteiger partial charge in [-0.3, -0.25) is 0 Å². The predicted molar refractivity (Wildman–Crippen MR) is 53.3 cm³/mol. The van der Waals surface area contributed by atoms with Gasteiger partial charge >= 0.3 is 0 Å². The maximum atomic E-state index is 9.06. The summed E-state index contributed by atoms with van der Waals surface area (Å²) in [6.07, 6.45) is 3.14. The van der Waals surface area contributed by atoms with E-state index in [2.05, 4.69) is 0 Å². The molecular formula is C11H12O3. The van der Waals surface area contributed by atoms with Crippen molar-refractivity contribution >= 4 is 6.08 Å². The molecule has 1 aliphatic heterocycles. The maximum absolute atomic E-state index is 9.06. The second kappa shape index (κ2) is 3.72. The fraction of sp³-hybridized carbons (Fsp3) is 0.273. The van der Waals surface area contributed by atoms with Crippen LogP contribution in [0.15, 0.2) is 24.3 Å². The van der Waals surface area contributed by atoms with Crippen LogP contribution in [0.4, 0.5) is 0 Å². The molecule has 3 heteroatoms. The molecule has 1 aliphatic rings. The number of hydrogen-bond donors (Lipinski definition) is 1. The highest BCUT2D eigenvalue weighted by Gasteiger charge is 2.11. The minimum atomic E-state index is -0.430. The highest BCUT2D eigenvalue weighted by Crippen LogP contribution is 2.32. The molecule has 1 N–H and O–H groups in total. The number of aliphatic hydroxyl groups is 1. The Morgan fingerprint density at radius 2 is 2.14 bits per heavy atom. The van der Waals surface area contributed by atoms with E-state index in [4.69, 9.17) is 14.6 Å². The number of fused-ring (bicyclic) bond motifs is 1. The lowest BCUT2D eigenvalue weighted by molar-refractivity contribution is 0.174. The second-order valence-electron chi connectivity index (χ2n) is 3.21. The van der Waals surface area contributed by atoms with E-state index in [0.29, 0.717) is 6.79 Å². The van der Waals surface area contributed by atoms with Crippen molar-refractivity contribution in [2.45, 2.75) is 13.0 Å². The minimum Gasteiger partial charge on any atom is -0.454 e. The summed E-state index contributed by atoms with van der Waals surface area (Å²) < 4.78 is 10.4. The molecule has 0 fully saturated rings. The Balaban J connectivity index is 2.20. The lowest BCUT2D eigenvalue weighted by atomic mass is 10.2. The number of hydrogen-bond acceptors (Lipinski definition) is 3. The number of benzene rings is 1. The van der Waals surface area contributed by atoms with Gasteiger partial charge in [0, 0.05) is 0 Å². The second-order valence-corrected chi connectivity index (χ2v) is 3.21. The summed E-state index contributed by atoms with van der Waals surface area (Å²) in [5, 5.41) is 9.06. The average Bonchev–Trinajstić information content (AvgIpc) is 2.61. The molecule has 74 valence electrons. The molecule has 3 nitrogen and oxygen atoms in total. The SMILES string of the molecule is C[C@H](O)/C=C/c1ccc2c(c1)OCO2. The normalized spacial score (nSPS) is 16.1. The zero-order chi connectivity index (χ0) is 9.97. The summed E-state index contributed by atoms with van der Waals surface area (Å²) in [4.78, 5) is 0. The van der Waals surface area contributed by atoms with Gasteiger partial charge in [-0.25, -0.2) is 0 Å². The standard InChI is InChI=1S/C11H12O3/c1-8(12)2-3-9-4-5-10-11(6-9)14-7-13-10/h2-6,8,12H,7H2,1H3/b3-2+/t8-/m0/s1. The monoisotopic (exact) mass is 192 g/mol. The minimum absolute atomic E-state index is 0.291. The molecule has 0 spiro atoms. The summed E-state index contributed by atoms with van der Waals surface area (Å²) in [7, 11) is 0. The Bertz CT molecular complexity index is 356. The van der Waals surface area contributed by atoms with E-state index in [9.17, 15) is 0 Å². The first-order valence-corrected chi connectivity index (χ1v) is 4.51. The molecule has 1 aromatic rings. The van der Waals surface area contributed by atoms with Crippen molar-refractivity contribution in [1.29, 1.82) is 0 Å².